The summed E-state index contributed by atoms with van der Waals surface area (Å²) in [5, 5.41) is 0. The molecule has 0 bridgehead atoms. The molecule has 0 aromatic heterocycles. The van der Waals surface area contributed by atoms with E-state index in [2.05, 4.69) is 140 Å². The van der Waals surface area contributed by atoms with E-state index in [0.29, 0.717) is 0 Å². The molecule has 2 spiro atoms. The molecule has 3 aliphatic carbocycles. The molecule has 1 heteroatoms. The first-order valence-electron chi connectivity index (χ1n) is 13.7. The third kappa shape index (κ3) is 2.26. The smallest absolute Gasteiger partial charge is 0.0720 e. The lowest BCUT2D eigenvalue weighted by atomic mass is 9.52. The molecule has 0 heterocycles. The Bertz CT molecular complexity index is 1900. The van der Waals surface area contributed by atoms with Crippen LogP contribution in [0.15, 0.2) is 140 Å². The second kappa shape index (κ2) is 7.15. The normalized spacial score (nSPS) is 15.7. The SMILES string of the molecule is Nc1ccc2c(c1)C1(c3ccccc3-c3ccccc31)c1ccccc1C21c2ccccc2-c2ccccc21. The van der Waals surface area contributed by atoms with Gasteiger partial charge in [-0.25, -0.2) is 0 Å². The molecule has 3 aliphatic rings. The van der Waals surface area contributed by atoms with Crippen LogP contribution < -0.4 is 5.73 Å². The maximum atomic E-state index is 6.67. The Morgan fingerprint density at radius 3 is 1.03 bits per heavy atom. The molecule has 0 radical (unpaired) electrons. The van der Waals surface area contributed by atoms with Gasteiger partial charge in [-0.3, -0.25) is 0 Å². The monoisotopic (exact) mass is 495 g/mol. The van der Waals surface area contributed by atoms with Crippen LogP contribution in [0.4, 0.5) is 5.69 Å². The molecule has 182 valence electrons. The van der Waals surface area contributed by atoms with E-state index >= 15 is 0 Å². The molecule has 0 fully saturated rings. The summed E-state index contributed by atoms with van der Waals surface area (Å²) in [4.78, 5) is 0. The number of nitrogens with two attached hydrogens (primary N) is 1. The van der Waals surface area contributed by atoms with E-state index in [4.69, 9.17) is 5.73 Å². The van der Waals surface area contributed by atoms with Gasteiger partial charge in [0.2, 0.25) is 0 Å². The number of fused-ring (bicyclic) bond motifs is 16. The maximum Gasteiger partial charge on any atom is 0.0720 e. The first kappa shape index (κ1) is 21.1. The van der Waals surface area contributed by atoms with Gasteiger partial charge in [0.15, 0.2) is 0 Å². The summed E-state index contributed by atoms with van der Waals surface area (Å²) in [6.07, 6.45) is 0. The fourth-order valence-corrected chi connectivity index (χ4v) is 8.26. The minimum absolute atomic E-state index is 0.426. The third-order valence-corrected chi connectivity index (χ3v) is 9.49. The molecule has 0 aliphatic heterocycles. The second-order valence-corrected chi connectivity index (χ2v) is 11.0. The zero-order chi connectivity index (χ0) is 25.8. The van der Waals surface area contributed by atoms with Gasteiger partial charge in [-0.2, -0.15) is 0 Å². The first-order chi connectivity index (χ1) is 19.3. The van der Waals surface area contributed by atoms with E-state index in [1.54, 1.807) is 0 Å². The minimum atomic E-state index is -0.452. The van der Waals surface area contributed by atoms with Gasteiger partial charge in [-0.05, 0) is 78.9 Å². The van der Waals surface area contributed by atoms with E-state index in [0.717, 1.165) is 5.69 Å². The third-order valence-electron chi connectivity index (χ3n) is 9.49. The number of hydrogen-bond donors (Lipinski definition) is 1. The highest BCUT2D eigenvalue weighted by Crippen LogP contribution is 2.67. The molecule has 0 saturated heterocycles. The van der Waals surface area contributed by atoms with Crippen molar-refractivity contribution in [3.8, 4) is 22.3 Å². The van der Waals surface area contributed by atoms with Crippen LogP contribution in [0.2, 0.25) is 0 Å². The van der Waals surface area contributed by atoms with Crippen LogP contribution in [0.5, 0.6) is 0 Å². The number of hydrogen-bond acceptors (Lipinski definition) is 1. The van der Waals surface area contributed by atoms with Crippen molar-refractivity contribution in [1.82, 2.24) is 0 Å². The Hall–Kier alpha value is -4.88. The fraction of sp³-hybridized carbons (Fsp3) is 0.0526. The van der Waals surface area contributed by atoms with Gasteiger partial charge in [0.05, 0.1) is 10.8 Å². The Kier molecular flexibility index (Phi) is 3.87. The average Bonchev–Trinajstić information content (AvgIpc) is 3.46. The molecule has 0 amide bonds. The van der Waals surface area contributed by atoms with Gasteiger partial charge in [0.25, 0.3) is 0 Å². The van der Waals surface area contributed by atoms with Crippen molar-refractivity contribution in [3.63, 3.8) is 0 Å². The topological polar surface area (TPSA) is 26.0 Å². The van der Waals surface area contributed by atoms with Crippen molar-refractivity contribution in [2.45, 2.75) is 10.8 Å². The van der Waals surface area contributed by atoms with Crippen molar-refractivity contribution >= 4 is 5.69 Å². The number of nitrogen functional groups attached to an aromatic ring is 1. The van der Waals surface area contributed by atoms with Crippen molar-refractivity contribution in [2.75, 3.05) is 5.73 Å². The first-order valence-corrected chi connectivity index (χ1v) is 13.7. The molecule has 1 nitrogen and oxygen atoms in total. The summed E-state index contributed by atoms with van der Waals surface area (Å²) >= 11 is 0. The second-order valence-electron chi connectivity index (χ2n) is 11.0. The standard InChI is InChI=1S/C38H25N/c39-24-21-22-35-36(23-24)38(31-17-7-3-13-27(31)28-14-4-8-18-32(28)38)34-20-10-9-19-33(34)37(35)29-15-5-1-11-25(29)26-12-2-6-16-30(26)37/h1-23H,39H2. The summed E-state index contributed by atoms with van der Waals surface area (Å²) in [5.41, 5.74) is 22.5. The van der Waals surface area contributed by atoms with E-state index in [1.807, 2.05) is 0 Å². The summed E-state index contributed by atoms with van der Waals surface area (Å²) in [7, 11) is 0. The largest absolute Gasteiger partial charge is 0.399 e. The lowest BCUT2D eigenvalue weighted by Gasteiger charge is -2.49. The zero-order valence-electron chi connectivity index (χ0n) is 21.4. The van der Waals surface area contributed by atoms with Crippen molar-refractivity contribution in [1.29, 1.82) is 0 Å². The predicted molar refractivity (Wildman–Crippen MR) is 159 cm³/mol. The summed E-state index contributed by atoms with van der Waals surface area (Å²) in [5.74, 6) is 0. The minimum Gasteiger partial charge on any atom is -0.399 e. The van der Waals surface area contributed by atoms with Gasteiger partial charge in [0.1, 0.15) is 0 Å². The highest BCUT2D eigenvalue weighted by Gasteiger charge is 2.58. The molecule has 6 aromatic rings. The van der Waals surface area contributed by atoms with Gasteiger partial charge < -0.3 is 5.73 Å². The van der Waals surface area contributed by atoms with E-state index in [9.17, 15) is 0 Å². The Morgan fingerprint density at radius 2 is 0.615 bits per heavy atom. The maximum absolute atomic E-state index is 6.67. The Labute approximate surface area is 228 Å². The molecular weight excluding hydrogens is 470 g/mol. The van der Waals surface area contributed by atoms with Crippen molar-refractivity contribution in [3.05, 3.63) is 184 Å². The predicted octanol–water partition coefficient (Wildman–Crippen LogP) is 8.31. The van der Waals surface area contributed by atoms with E-state index < -0.39 is 10.8 Å². The summed E-state index contributed by atoms with van der Waals surface area (Å²) < 4.78 is 0. The van der Waals surface area contributed by atoms with Gasteiger partial charge in [-0.15, -0.1) is 0 Å². The molecule has 6 aromatic carbocycles. The van der Waals surface area contributed by atoms with Crippen LogP contribution in [0.1, 0.15) is 44.5 Å². The van der Waals surface area contributed by atoms with Crippen LogP contribution in [-0.4, -0.2) is 0 Å². The van der Waals surface area contributed by atoms with Crippen LogP contribution in [0.3, 0.4) is 0 Å². The summed E-state index contributed by atoms with van der Waals surface area (Å²) in [6.45, 7) is 0. The number of anilines is 1. The molecule has 0 atom stereocenters. The van der Waals surface area contributed by atoms with Crippen molar-refractivity contribution in [2.24, 2.45) is 0 Å². The van der Waals surface area contributed by atoms with Crippen LogP contribution in [-0.2, 0) is 10.8 Å². The highest BCUT2D eigenvalue weighted by atomic mass is 14.6. The number of rotatable bonds is 0. The van der Waals surface area contributed by atoms with Crippen molar-refractivity contribution < 1.29 is 0 Å². The Morgan fingerprint density at radius 1 is 0.308 bits per heavy atom. The lowest BCUT2D eigenvalue weighted by Crippen LogP contribution is -2.43. The van der Waals surface area contributed by atoms with E-state index in [1.165, 1.54) is 66.8 Å². The molecule has 0 unspecified atom stereocenters. The lowest BCUT2D eigenvalue weighted by molar-refractivity contribution is 0.633. The fourth-order valence-electron chi connectivity index (χ4n) is 8.26. The number of benzene rings is 6. The van der Waals surface area contributed by atoms with Crippen LogP contribution >= 0.6 is 0 Å². The van der Waals surface area contributed by atoms with E-state index in [-0.39, 0.29) is 0 Å². The average molecular weight is 496 g/mol. The molecule has 0 saturated carbocycles. The van der Waals surface area contributed by atoms with Gasteiger partial charge in [-0.1, -0.05) is 127 Å². The zero-order valence-corrected chi connectivity index (χ0v) is 21.4. The molecule has 9 rings (SSSR count). The summed E-state index contributed by atoms with van der Waals surface area (Å²) in [6, 6.07) is 51.7. The van der Waals surface area contributed by atoms with Crippen LogP contribution in [0, 0.1) is 0 Å². The molecule has 2 N–H and O–H groups in total. The van der Waals surface area contributed by atoms with Crippen LogP contribution in [0.25, 0.3) is 22.3 Å². The Balaban J connectivity index is 1.55. The molecule has 39 heavy (non-hydrogen) atoms. The van der Waals surface area contributed by atoms with Gasteiger partial charge in [0, 0.05) is 5.69 Å². The highest BCUT2D eigenvalue weighted by molar-refractivity contribution is 5.93. The quantitative estimate of drug-likeness (QED) is 0.210. The molecular formula is C38H25N. The van der Waals surface area contributed by atoms with Gasteiger partial charge >= 0.3 is 0 Å².